The Hall–Kier alpha value is -0.160. The number of aliphatic hydroxyl groups is 1. The molecule has 0 aromatic heterocycles. The number of hydrogen-bond donors (Lipinski definition) is 1. The molecular formula is C11H18O4. The minimum atomic E-state index is -0.505. The van der Waals surface area contributed by atoms with Crippen LogP contribution in [0.3, 0.4) is 0 Å². The van der Waals surface area contributed by atoms with Crippen LogP contribution in [0.2, 0.25) is 0 Å². The molecule has 0 radical (unpaired) electrons. The van der Waals surface area contributed by atoms with E-state index in [1.807, 2.05) is 0 Å². The summed E-state index contributed by atoms with van der Waals surface area (Å²) in [5, 5.41) is 10.2. The zero-order valence-electron chi connectivity index (χ0n) is 8.80. The summed E-state index contributed by atoms with van der Waals surface area (Å²) in [6, 6.07) is 0. The molecule has 4 heteroatoms. The fourth-order valence-corrected chi connectivity index (χ4v) is 2.89. The lowest BCUT2D eigenvalue weighted by molar-refractivity contribution is -0.270. The molecule has 0 aromatic carbocycles. The highest BCUT2D eigenvalue weighted by Gasteiger charge is 2.48. The highest BCUT2D eigenvalue weighted by molar-refractivity contribution is 4.96. The van der Waals surface area contributed by atoms with Gasteiger partial charge in [0.25, 0.3) is 0 Å². The van der Waals surface area contributed by atoms with Gasteiger partial charge < -0.3 is 19.3 Å². The molecule has 3 aliphatic rings. The number of fused-ring (bicyclic) bond motifs is 2. The van der Waals surface area contributed by atoms with E-state index in [1.165, 1.54) is 0 Å². The van der Waals surface area contributed by atoms with Crippen molar-refractivity contribution in [3.63, 3.8) is 0 Å². The molecule has 4 nitrogen and oxygen atoms in total. The number of hydrogen-bond acceptors (Lipinski definition) is 4. The van der Waals surface area contributed by atoms with Gasteiger partial charge in [0.1, 0.15) is 18.3 Å². The highest BCUT2D eigenvalue weighted by atomic mass is 16.6. The molecule has 3 rings (SSSR count). The maximum absolute atomic E-state index is 10.2. The lowest BCUT2D eigenvalue weighted by Gasteiger charge is -2.48. The van der Waals surface area contributed by atoms with Crippen LogP contribution in [0.15, 0.2) is 0 Å². The maximum Gasteiger partial charge on any atom is 0.112 e. The van der Waals surface area contributed by atoms with Gasteiger partial charge in [0.05, 0.1) is 12.2 Å². The average Bonchev–Trinajstić information content (AvgIpc) is 2.30. The van der Waals surface area contributed by atoms with Crippen molar-refractivity contribution in [3.8, 4) is 0 Å². The van der Waals surface area contributed by atoms with Gasteiger partial charge in [0, 0.05) is 13.2 Å². The molecule has 0 aliphatic carbocycles. The Morgan fingerprint density at radius 1 is 0.867 bits per heavy atom. The molecule has 1 N–H and O–H groups in total. The normalized spacial score (nSPS) is 50.6. The van der Waals surface area contributed by atoms with E-state index in [4.69, 9.17) is 14.2 Å². The molecule has 15 heavy (non-hydrogen) atoms. The van der Waals surface area contributed by atoms with E-state index >= 15 is 0 Å². The summed E-state index contributed by atoms with van der Waals surface area (Å²) in [6.07, 6.45) is 3.40. The van der Waals surface area contributed by atoms with Gasteiger partial charge in [-0.15, -0.1) is 0 Å². The number of rotatable bonds is 0. The Morgan fingerprint density at radius 2 is 1.40 bits per heavy atom. The number of ether oxygens (including phenoxy) is 3. The molecule has 86 valence electrons. The van der Waals surface area contributed by atoms with E-state index < -0.39 is 6.10 Å². The van der Waals surface area contributed by atoms with Gasteiger partial charge in [-0.25, -0.2) is 0 Å². The van der Waals surface area contributed by atoms with Crippen molar-refractivity contribution in [1.82, 2.24) is 0 Å². The van der Waals surface area contributed by atoms with Gasteiger partial charge in [-0.05, 0) is 25.7 Å². The largest absolute Gasteiger partial charge is 0.387 e. The predicted octanol–water partition coefficient (Wildman–Crippen LogP) is 0.473. The molecule has 0 saturated carbocycles. The van der Waals surface area contributed by atoms with Crippen LogP contribution in [0.1, 0.15) is 25.7 Å². The molecule has 0 amide bonds. The third-order valence-electron chi connectivity index (χ3n) is 3.64. The lowest BCUT2D eigenvalue weighted by atomic mass is 9.88. The van der Waals surface area contributed by atoms with Gasteiger partial charge in [-0.2, -0.15) is 0 Å². The maximum atomic E-state index is 10.2. The molecule has 3 saturated heterocycles. The van der Waals surface area contributed by atoms with Crippen LogP contribution in [0.5, 0.6) is 0 Å². The fourth-order valence-electron chi connectivity index (χ4n) is 2.89. The molecule has 0 spiro atoms. The van der Waals surface area contributed by atoms with Gasteiger partial charge in [0.15, 0.2) is 0 Å². The summed E-state index contributed by atoms with van der Waals surface area (Å²) in [6.45, 7) is 1.47. The minimum absolute atomic E-state index is 0.0803. The van der Waals surface area contributed by atoms with Gasteiger partial charge >= 0.3 is 0 Å². The van der Waals surface area contributed by atoms with Crippen molar-refractivity contribution in [2.75, 3.05) is 13.2 Å². The lowest BCUT2D eigenvalue weighted by Crippen LogP contribution is -2.61. The third kappa shape index (κ3) is 1.69. The molecule has 3 heterocycles. The smallest absolute Gasteiger partial charge is 0.112 e. The Bertz CT molecular complexity index is 211. The summed E-state index contributed by atoms with van der Waals surface area (Å²) in [5.41, 5.74) is 0. The van der Waals surface area contributed by atoms with Crippen molar-refractivity contribution in [2.45, 2.75) is 56.2 Å². The van der Waals surface area contributed by atoms with Crippen molar-refractivity contribution < 1.29 is 19.3 Å². The molecule has 5 atom stereocenters. The summed E-state index contributed by atoms with van der Waals surface area (Å²) in [7, 11) is 0. The average molecular weight is 214 g/mol. The van der Waals surface area contributed by atoms with Crippen molar-refractivity contribution in [2.24, 2.45) is 0 Å². The predicted molar refractivity (Wildman–Crippen MR) is 52.6 cm³/mol. The summed E-state index contributed by atoms with van der Waals surface area (Å²) >= 11 is 0. The molecule has 0 bridgehead atoms. The highest BCUT2D eigenvalue weighted by Crippen LogP contribution is 2.34. The van der Waals surface area contributed by atoms with Gasteiger partial charge in [0.2, 0.25) is 0 Å². The molecule has 3 fully saturated rings. The first-order valence-corrected chi connectivity index (χ1v) is 5.93. The van der Waals surface area contributed by atoms with Crippen molar-refractivity contribution in [1.29, 1.82) is 0 Å². The van der Waals surface area contributed by atoms with Crippen molar-refractivity contribution >= 4 is 0 Å². The third-order valence-corrected chi connectivity index (χ3v) is 3.64. The second-order valence-electron chi connectivity index (χ2n) is 4.66. The quantitative estimate of drug-likeness (QED) is 0.637. The van der Waals surface area contributed by atoms with Crippen LogP contribution in [0.25, 0.3) is 0 Å². The van der Waals surface area contributed by atoms with Crippen LogP contribution in [0, 0.1) is 0 Å². The fraction of sp³-hybridized carbons (Fsp3) is 1.00. The van der Waals surface area contributed by atoms with Crippen LogP contribution in [0.4, 0.5) is 0 Å². The minimum Gasteiger partial charge on any atom is -0.387 e. The first-order valence-electron chi connectivity index (χ1n) is 5.93. The van der Waals surface area contributed by atoms with Crippen molar-refractivity contribution in [3.05, 3.63) is 0 Å². The van der Waals surface area contributed by atoms with Crippen LogP contribution >= 0.6 is 0 Å². The first kappa shape index (κ1) is 10.0. The van der Waals surface area contributed by atoms with Crippen LogP contribution in [-0.4, -0.2) is 48.8 Å². The SMILES string of the molecule is OC1[C@H]2OCCC[C@@H]2O[C@@H]2CCCO[C@@H]12. The van der Waals surface area contributed by atoms with E-state index in [1.54, 1.807) is 0 Å². The molecule has 3 aliphatic heterocycles. The van der Waals surface area contributed by atoms with E-state index in [0.717, 1.165) is 38.9 Å². The second kappa shape index (κ2) is 4.01. The van der Waals surface area contributed by atoms with Crippen LogP contribution < -0.4 is 0 Å². The molecular weight excluding hydrogens is 196 g/mol. The van der Waals surface area contributed by atoms with E-state index in [9.17, 15) is 5.11 Å². The van der Waals surface area contributed by atoms with E-state index in [-0.39, 0.29) is 24.4 Å². The molecule has 0 aromatic rings. The number of aliphatic hydroxyl groups excluding tert-OH is 1. The zero-order chi connectivity index (χ0) is 10.3. The Balaban J connectivity index is 1.76. The second-order valence-corrected chi connectivity index (χ2v) is 4.66. The van der Waals surface area contributed by atoms with E-state index in [0.29, 0.717) is 0 Å². The molecule has 1 unspecified atom stereocenters. The van der Waals surface area contributed by atoms with Gasteiger partial charge in [-0.1, -0.05) is 0 Å². The topological polar surface area (TPSA) is 47.9 Å². The standard InChI is InChI=1S/C11H18O4/c12-9-10-7(3-1-5-13-10)15-8-4-2-6-14-11(8)9/h7-12H,1-6H2/t7-,8+,9?,10-,11+. The summed E-state index contributed by atoms with van der Waals surface area (Å²) in [5.74, 6) is 0. The zero-order valence-corrected chi connectivity index (χ0v) is 8.80. The van der Waals surface area contributed by atoms with E-state index in [2.05, 4.69) is 0 Å². The summed E-state index contributed by atoms with van der Waals surface area (Å²) in [4.78, 5) is 0. The Morgan fingerprint density at radius 3 is 1.93 bits per heavy atom. The first-order chi connectivity index (χ1) is 7.36. The van der Waals surface area contributed by atoms with Gasteiger partial charge in [-0.3, -0.25) is 0 Å². The van der Waals surface area contributed by atoms with Crippen LogP contribution in [-0.2, 0) is 14.2 Å². The monoisotopic (exact) mass is 214 g/mol. The Kier molecular flexibility index (Phi) is 2.68. The summed E-state index contributed by atoms with van der Waals surface area (Å²) < 4.78 is 17.1. The Labute approximate surface area is 89.5 Å².